The van der Waals surface area contributed by atoms with E-state index in [-0.39, 0.29) is 11.7 Å². The van der Waals surface area contributed by atoms with Gasteiger partial charge >= 0.3 is 0 Å². The highest BCUT2D eigenvalue weighted by atomic mass is 32.1. The van der Waals surface area contributed by atoms with E-state index < -0.39 is 0 Å². The van der Waals surface area contributed by atoms with Crippen molar-refractivity contribution in [2.75, 3.05) is 6.54 Å². The number of nitrogens with one attached hydrogen (secondary N) is 1. The van der Waals surface area contributed by atoms with E-state index in [9.17, 15) is 9.59 Å². The molecule has 0 saturated carbocycles. The Bertz CT molecular complexity index is 1040. The van der Waals surface area contributed by atoms with Gasteiger partial charge in [-0.1, -0.05) is 48.5 Å². The Kier molecular flexibility index (Phi) is 4.17. The van der Waals surface area contributed by atoms with Crippen molar-refractivity contribution in [1.29, 1.82) is 0 Å². The van der Waals surface area contributed by atoms with Gasteiger partial charge in [0.05, 0.1) is 9.75 Å². The molecule has 28 heavy (non-hydrogen) atoms. The highest BCUT2D eigenvalue weighted by molar-refractivity contribution is 7.15. The summed E-state index contributed by atoms with van der Waals surface area (Å²) < 4.78 is 0. The summed E-state index contributed by atoms with van der Waals surface area (Å²) in [6.07, 6.45) is 1.06. The Morgan fingerprint density at radius 3 is 2.04 bits per heavy atom. The van der Waals surface area contributed by atoms with E-state index in [0.717, 1.165) is 6.42 Å². The maximum atomic E-state index is 12.6. The lowest BCUT2D eigenvalue weighted by Crippen LogP contribution is -2.39. The molecule has 4 heteroatoms. The standard InChI is InChI=1S/C24H21NO2S/c1-14(26)21-10-11-22(28-21)24(27)25-13-15-12-20-16-6-2-4-8-18(16)23(15)19-9-5-3-7-17(19)20/h2-11,15,20,23H,12-13H2,1H3,(H,25,27)/t15-,20?,23?/m0/s1. The first kappa shape index (κ1) is 17.4. The smallest absolute Gasteiger partial charge is 0.261 e. The molecule has 2 bridgehead atoms. The first-order valence-electron chi connectivity index (χ1n) is 9.70. The van der Waals surface area contributed by atoms with Crippen LogP contribution >= 0.6 is 11.3 Å². The molecule has 3 aliphatic carbocycles. The molecule has 0 saturated heterocycles. The maximum absolute atomic E-state index is 12.6. The number of amides is 1. The van der Waals surface area contributed by atoms with E-state index in [0.29, 0.717) is 34.1 Å². The fraction of sp³-hybridized carbons (Fsp3) is 0.250. The molecular formula is C24H21NO2S. The minimum Gasteiger partial charge on any atom is -0.351 e. The minimum atomic E-state index is -0.0829. The van der Waals surface area contributed by atoms with Crippen molar-refractivity contribution in [2.45, 2.75) is 25.2 Å². The second-order valence-corrected chi connectivity index (χ2v) is 8.80. The Morgan fingerprint density at radius 1 is 0.893 bits per heavy atom. The third kappa shape index (κ3) is 2.71. The average molecular weight is 388 g/mol. The van der Waals surface area contributed by atoms with Gasteiger partial charge in [-0.3, -0.25) is 9.59 Å². The molecule has 1 N–H and O–H groups in total. The average Bonchev–Trinajstić information content (AvgIpc) is 3.23. The predicted octanol–water partition coefficient (Wildman–Crippen LogP) is 4.98. The SMILES string of the molecule is CC(=O)c1ccc(C(=O)NC[C@@H]2CC3c4ccccc4C2c2ccccc23)s1. The van der Waals surface area contributed by atoms with Crippen molar-refractivity contribution in [1.82, 2.24) is 5.32 Å². The molecule has 2 aromatic carbocycles. The summed E-state index contributed by atoms with van der Waals surface area (Å²) in [7, 11) is 0. The number of benzene rings is 2. The van der Waals surface area contributed by atoms with Gasteiger partial charge in [0.15, 0.2) is 5.78 Å². The zero-order valence-electron chi connectivity index (χ0n) is 15.6. The van der Waals surface area contributed by atoms with Crippen molar-refractivity contribution < 1.29 is 9.59 Å². The molecule has 1 amide bonds. The van der Waals surface area contributed by atoms with Gasteiger partial charge in [-0.25, -0.2) is 0 Å². The monoisotopic (exact) mass is 387 g/mol. The molecule has 6 rings (SSSR count). The number of ketones is 1. The third-order valence-corrected chi connectivity index (χ3v) is 7.31. The summed E-state index contributed by atoms with van der Waals surface area (Å²) in [5, 5.41) is 3.13. The van der Waals surface area contributed by atoms with Crippen LogP contribution in [0.1, 0.15) is 66.8 Å². The molecule has 140 valence electrons. The number of thiophene rings is 1. The van der Waals surface area contributed by atoms with Crippen LogP contribution in [0.15, 0.2) is 60.7 Å². The lowest BCUT2D eigenvalue weighted by atomic mass is 9.59. The van der Waals surface area contributed by atoms with Gasteiger partial charge in [0.2, 0.25) is 0 Å². The molecule has 1 atom stereocenters. The quantitative estimate of drug-likeness (QED) is 0.642. The van der Waals surface area contributed by atoms with Gasteiger partial charge in [0.1, 0.15) is 0 Å². The van der Waals surface area contributed by atoms with Crippen molar-refractivity contribution in [2.24, 2.45) is 5.92 Å². The number of carbonyl (C=O) groups excluding carboxylic acids is 2. The summed E-state index contributed by atoms with van der Waals surface area (Å²) in [6, 6.07) is 21.0. The lowest BCUT2D eigenvalue weighted by molar-refractivity contribution is 0.0946. The lowest BCUT2D eigenvalue weighted by Gasteiger charge is -2.45. The van der Waals surface area contributed by atoms with Crippen molar-refractivity contribution in [3.63, 3.8) is 0 Å². The number of hydrogen-bond donors (Lipinski definition) is 1. The molecule has 1 aromatic heterocycles. The number of hydrogen-bond acceptors (Lipinski definition) is 3. The van der Waals surface area contributed by atoms with E-state index in [1.165, 1.54) is 40.5 Å². The predicted molar refractivity (Wildman–Crippen MR) is 111 cm³/mol. The van der Waals surface area contributed by atoms with Crippen LogP contribution in [0, 0.1) is 5.92 Å². The zero-order chi connectivity index (χ0) is 19.3. The van der Waals surface area contributed by atoms with Gasteiger partial charge in [-0.15, -0.1) is 11.3 Å². The molecule has 3 nitrogen and oxygen atoms in total. The van der Waals surface area contributed by atoms with Crippen LogP contribution in [-0.2, 0) is 0 Å². The first-order chi connectivity index (χ1) is 13.6. The molecule has 0 unspecified atom stereocenters. The van der Waals surface area contributed by atoms with Crippen LogP contribution in [0.25, 0.3) is 0 Å². The van der Waals surface area contributed by atoms with Crippen LogP contribution in [0.2, 0.25) is 0 Å². The minimum absolute atomic E-state index is 0.00172. The normalized spacial score (nSPS) is 21.7. The van der Waals surface area contributed by atoms with Crippen molar-refractivity contribution in [3.05, 3.63) is 92.7 Å². The first-order valence-corrected chi connectivity index (χ1v) is 10.5. The van der Waals surface area contributed by atoms with E-state index in [1.54, 1.807) is 12.1 Å². The highest BCUT2D eigenvalue weighted by Gasteiger charge is 2.42. The Morgan fingerprint density at radius 2 is 1.46 bits per heavy atom. The van der Waals surface area contributed by atoms with E-state index in [1.807, 2.05) is 0 Å². The van der Waals surface area contributed by atoms with Crippen LogP contribution in [-0.4, -0.2) is 18.2 Å². The molecular weight excluding hydrogens is 366 g/mol. The number of carbonyl (C=O) groups is 2. The molecule has 0 radical (unpaired) electrons. The van der Waals surface area contributed by atoms with Gasteiger partial charge in [0.25, 0.3) is 5.91 Å². The highest BCUT2D eigenvalue weighted by Crippen LogP contribution is 2.55. The molecule has 1 heterocycles. The van der Waals surface area contributed by atoms with E-state index >= 15 is 0 Å². The van der Waals surface area contributed by atoms with Crippen molar-refractivity contribution >= 4 is 23.0 Å². The fourth-order valence-electron chi connectivity index (χ4n) is 4.92. The zero-order valence-corrected chi connectivity index (χ0v) is 16.5. The van der Waals surface area contributed by atoms with Crippen LogP contribution in [0.5, 0.6) is 0 Å². The van der Waals surface area contributed by atoms with Crippen LogP contribution < -0.4 is 5.32 Å². The topological polar surface area (TPSA) is 46.2 Å². The van der Waals surface area contributed by atoms with Gasteiger partial charge in [-0.05, 0) is 53.6 Å². The van der Waals surface area contributed by atoms with Crippen LogP contribution in [0.3, 0.4) is 0 Å². The number of Topliss-reactive ketones (excluding diaryl/α,β-unsaturated/α-hetero) is 1. The summed E-state index contributed by atoms with van der Waals surface area (Å²) >= 11 is 1.27. The Balaban J connectivity index is 1.40. The maximum Gasteiger partial charge on any atom is 0.261 e. The van der Waals surface area contributed by atoms with E-state index in [4.69, 9.17) is 0 Å². The second kappa shape index (κ2) is 6.71. The Labute approximate surface area is 168 Å². The summed E-state index contributed by atoms with van der Waals surface area (Å²) in [4.78, 5) is 25.3. The van der Waals surface area contributed by atoms with Gasteiger partial charge < -0.3 is 5.32 Å². The van der Waals surface area contributed by atoms with Crippen LogP contribution in [0.4, 0.5) is 0 Å². The molecule has 3 aliphatic rings. The van der Waals surface area contributed by atoms with E-state index in [2.05, 4.69) is 53.8 Å². The summed E-state index contributed by atoms with van der Waals surface area (Å²) in [5.74, 6) is 1.03. The number of fused-ring (bicyclic) bond motifs is 1. The third-order valence-electron chi connectivity index (χ3n) is 6.12. The largest absolute Gasteiger partial charge is 0.351 e. The molecule has 0 aliphatic heterocycles. The van der Waals surface area contributed by atoms with Crippen molar-refractivity contribution in [3.8, 4) is 0 Å². The van der Waals surface area contributed by atoms with Gasteiger partial charge in [0, 0.05) is 18.4 Å². The second-order valence-electron chi connectivity index (χ2n) is 7.71. The molecule has 0 fully saturated rings. The fourth-order valence-corrected chi connectivity index (χ4v) is 5.74. The molecule has 3 aromatic rings. The van der Waals surface area contributed by atoms with Gasteiger partial charge in [-0.2, -0.15) is 0 Å². The molecule has 0 spiro atoms. The Hall–Kier alpha value is -2.72. The summed E-state index contributed by atoms with van der Waals surface area (Å²) in [5.41, 5.74) is 5.70. The summed E-state index contributed by atoms with van der Waals surface area (Å²) in [6.45, 7) is 2.18. The number of rotatable bonds is 4.